The first kappa shape index (κ1) is 14.4. The number of hydrazine groups is 1. The quantitative estimate of drug-likeness (QED) is 0.638. The van der Waals surface area contributed by atoms with Crippen molar-refractivity contribution in [3.63, 3.8) is 0 Å². The monoisotopic (exact) mass is 292 g/mol. The maximum absolute atomic E-state index is 12.5. The van der Waals surface area contributed by atoms with Gasteiger partial charge in [-0.2, -0.15) is 4.31 Å². The zero-order valence-electron chi connectivity index (χ0n) is 11.0. The van der Waals surface area contributed by atoms with Crippen LogP contribution in [-0.2, 0) is 16.6 Å². The van der Waals surface area contributed by atoms with Crippen LogP contribution in [0.25, 0.3) is 0 Å². The lowest BCUT2D eigenvalue weighted by Gasteiger charge is -2.18. The molecular formula is C13H16N4O2S. The molecule has 0 radical (unpaired) electrons. The fraction of sp³-hybridized carbons (Fsp3) is 0.154. The van der Waals surface area contributed by atoms with E-state index in [1.54, 1.807) is 0 Å². The summed E-state index contributed by atoms with van der Waals surface area (Å²) >= 11 is 0. The minimum Gasteiger partial charge on any atom is -0.323 e. The Labute approximate surface area is 118 Å². The SMILES string of the molecule is CN(Cc1ccccc1)S(=O)(=O)c1cnccc1NN. The average molecular weight is 292 g/mol. The number of sulfonamides is 1. The normalized spacial score (nSPS) is 11.6. The van der Waals surface area contributed by atoms with Gasteiger partial charge in [0.2, 0.25) is 10.0 Å². The molecule has 106 valence electrons. The lowest BCUT2D eigenvalue weighted by molar-refractivity contribution is 0.466. The van der Waals surface area contributed by atoms with E-state index in [1.807, 2.05) is 30.3 Å². The first-order chi connectivity index (χ1) is 9.55. The van der Waals surface area contributed by atoms with Gasteiger partial charge in [-0.3, -0.25) is 10.8 Å². The van der Waals surface area contributed by atoms with Crippen molar-refractivity contribution in [2.24, 2.45) is 5.84 Å². The Kier molecular flexibility index (Phi) is 4.33. The zero-order chi connectivity index (χ0) is 14.6. The minimum absolute atomic E-state index is 0.0564. The van der Waals surface area contributed by atoms with Gasteiger partial charge in [0, 0.05) is 26.0 Å². The summed E-state index contributed by atoms with van der Waals surface area (Å²) in [4.78, 5) is 3.90. The summed E-state index contributed by atoms with van der Waals surface area (Å²) < 4.78 is 26.3. The van der Waals surface area contributed by atoms with Gasteiger partial charge in [0.25, 0.3) is 0 Å². The molecule has 20 heavy (non-hydrogen) atoms. The highest BCUT2D eigenvalue weighted by molar-refractivity contribution is 7.89. The van der Waals surface area contributed by atoms with Crippen molar-refractivity contribution in [3.8, 4) is 0 Å². The number of nitrogens with one attached hydrogen (secondary N) is 1. The van der Waals surface area contributed by atoms with Crippen molar-refractivity contribution in [2.45, 2.75) is 11.4 Å². The zero-order valence-corrected chi connectivity index (χ0v) is 11.8. The van der Waals surface area contributed by atoms with Gasteiger partial charge >= 0.3 is 0 Å². The first-order valence-corrected chi connectivity index (χ1v) is 7.40. The third-order valence-electron chi connectivity index (χ3n) is 2.88. The summed E-state index contributed by atoms with van der Waals surface area (Å²) in [6.45, 7) is 0.280. The molecule has 0 saturated carbocycles. The summed E-state index contributed by atoms with van der Waals surface area (Å²) in [5.74, 6) is 5.34. The van der Waals surface area contributed by atoms with E-state index in [2.05, 4.69) is 10.4 Å². The highest BCUT2D eigenvalue weighted by Gasteiger charge is 2.24. The van der Waals surface area contributed by atoms with Crippen LogP contribution >= 0.6 is 0 Å². The Morgan fingerprint density at radius 2 is 1.95 bits per heavy atom. The molecule has 1 aromatic heterocycles. The van der Waals surface area contributed by atoms with E-state index in [0.717, 1.165) is 5.56 Å². The Morgan fingerprint density at radius 1 is 1.25 bits per heavy atom. The molecule has 0 spiro atoms. The molecular weight excluding hydrogens is 276 g/mol. The molecule has 0 fully saturated rings. The molecule has 0 saturated heterocycles. The molecule has 0 aliphatic rings. The molecule has 2 aromatic rings. The van der Waals surface area contributed by atoms with Crippen molar-refractivity contribution in [1.29, 1.82) is 0 Å². The summed E-state index contributed by atoms with van der Waals surface area (Å²) in [6.07, 6.45) is 2.76. The molecule has 0 bridgehead atoms. The molecule has 0 aliphatic carbocycles. The van der Waals surface area contributed by atoms with E-state index < -0.39 is 10.0 Å². The number of benzene rings is 1. The number of aromatic nitrogens is 1. The van der Waals surface area contributed by atoms with Crippen LogP contribution in [0.5, 0.6) is 0 Å². The average Bonchev–Trinajstić information content (AvgIpc) is 2.48. The topological polar surface area (TPSA) is 88.3 Å². The molecule has 3 N–H and O–H groups in total. The van der Waals surface area contributed by atoms with E-state index in [0.29, 0.717) is 5.69 Å². The number of rotatable bonds is 5. The van der Waals surface area contributed by atoms with Crippen LogP contribution < -0.4 is 11.3 Å². The van der Waals surface area contributed by atoms with Gasteiger partial charge in [0.05, 0.1) is 5.69 Å². The Hall–Kier alpha value is -1.96. The van der Waals surface area contributed by atoms with Gasteiger partial charge in [0.15, 0.2) is 0 Å². The van der Waals surface area contributed by atoms with Crippen molar-refractivity contribution in [1.82, 2.24) is 9.29 Å². The van der Waals surface area contributed by atoms with Crippen LogP contribution in [0.2, 0.25) is 0 Å². The van der Waals surface area contributed by atoms with Gasteiger partial charge in [-0.1, -0.05) is 30.3 Å². The molecule has 1 aromatic carbocycles. The standard InChI is InChI=1S/C13H16N4O2S/c1-17(10-11-5-3-2-4-6-11)20(18,19)13-9-15-8-7-12(13)16-14/h2-9H,10,14H2,1H3,(H,15,16). The molecule has 7 heteroatoms. The number of hydrogen-bond donors (Lipinski definition) is 2. The number of hydrogen-bond acceptors (Lipinski definition) is 5. The van der Waals surface area contributed by atoms with E-state index in [1.165, 1.54) is 29.8 Å². The summed E-state index contributed by atoms with van der Waals surface area (Å²) in [6, 6.07) is 10.9. The molecule has 6 nitrogen and oxygen atoms in total. The van der Waals surface area contributed by atoms with Crippen LogP contribution in [0.3, 0.4) is 0 Å². The predicted octanol–water partition coefficient (Wildman–Crippen LogP) is 1.19. The van der Waals surface area contributed by atoms with E-state index in [4.69, 9.17) is 5.84 Å². The maximum Gasteiger partial charge on any atom is 0.246 e. The van der Waals surface area contributed by atoms with Gasteiger partial charge in [-0.25, -0.2) is 8.42 Å². The van der Waals surface area contributed by atoms with E-state index in [9.17, 15) is 8.42 Å². The van der Waals surface area contributed by atoms with Crippen molar-refractivity contribution < 1.29 is 8.42 Å². The summed E-state index contributed by atoms with van der Waals surface area (Å²) in [5, 5.41) is 0. The number of nitrogens with zero attached hydrogens (tertiary/aromatic N) is 2. The van der Waals surface area contributed by atoms with Crippen LogP contribution in [-0.4, -0.2) is 24.8 Å². The van der Waals surface area contributed by atoms with Gasteiger partial charge < -0.3 is 5.43 Å². The fourth-order valence-electron chi connectivity index (χ4n) is 1.80. The first-order valence-electron chi connectivity index (χ1n) is 5.96. The second kappa shape index (κ2) is 6.00. The molecule has 2 rings (SSSR count). The molecule has 1 heterocycles. The molecule has 0 amide bonds. The molecule has 0 atom stereocenters. The Bertz CT molecular complexity index is 674. The van der Waals surface area contributed by atoms with Crippen LogP contribution in [0.1, 0.15) is 5.56 Å². The summed E-state index contributed by atoms with van der Waals surface area (Å²) in [5.41, 5.74) is 3.60. The van der Waals surface area contributed by atoms with Crippen molar-refractivity contribution in [2.75, 3.05) is 12.5 Å². The number of pyridine rings is 1. The van der Waals surface area contributed by atoms with Crippen LogP contribution in [0.4, 0.5) is 5.69 Å². The van der Waals surface area contributed by atoms with Gasteiger partial charge in [-0.15, -0.1) is 0 Å². The fourth-order valence-corrected chi connectivity index (χ4v) is 3.05. The van der Waals surface area contributed by atoms with Gasteiger partial charge in [0.1, 0.15) is 4.90 Å². The third-order valence-corrected chi connectivity index (χ3v) is 4.71. The molecule has 0 aliphatic heterocycles. The highest BCUT2D eigenvalue weighted by atomic mass is 32.2. The Balaban J connectivity index is 2.30. The van der Waals surface area contributed by atoms with Crippen molar-refractivity contribution >= 4 is 15.7 Å². The number of nitrogens with two attached hydrogens (primary N) is 1. The Morgan fingerprint density at radius 3 is 2.60 bits per heavy atom. The van der Waals surface area contributed by atoms with E-state index >= 15 is 0 Å². The molecule has 0 unspecified atom stereocenters. The summed E-state index contributed by atoms with van der Waals surface area (Å²) in [7, 11) is -2.13. The largest absolute Gasteiger partial charge is 0.323 e. The second-order valence-electron chi connectivity index (χ2n) is 4.26. The number of nitrogen functional groups attached to an aromatic ring is 1. The van der Waals surface area contributed by atoms with E-state index in [-0.39, 0.29) is 11.4 Å². The van der Waals surface area contributed by atoms with Crippen molar-refractivity contribution in [3.05, 3.63) is 54.4 Å². The predicted molar refractivity (Wildman–Crippen MR) is 77.1 cm³/mol. The smallest absolute Gasteiger partial charge is 0.246 e. The highest BCUT2D eigenvalue weighted by Crippen LogP contribution is 2.22. The van der Waals surface area contributed by atoms with Crippen LogP contribution in [0, 0.1) is 0 Å². The lowest BCUT2D eigenvalue weighted by Crippen LogP contribution is -2.28. The number of anilines is 1. The lowest BCUT2D eigenvalue weighted by atomic mass is 10.2. The van der Waals surface area contributed by atoms with Crippen LogP contribution in [0.15, 0.2) is 53.7 Å². The van der Waals surface area contributed by atoms with Gasteiger partial charge in [-0.05, 0) is 11.6 Å². The maximum atomic E-state index is 12.5. The third kappa shape index (κ3) is 2.96. The second-order valence-corrected chi connectivity index (χ2v) is 6.28. The minimum atomic E-state index is -3.65.